The zero-order valence-electron chi connectivity index (χ0n) is 17.4. The molecule has 1 heterocycles. The van der Waals surface area contributed by atoms with E-state index in [2.05, 4.69) is 0 Å². The number of amides is 1. The molecule has 1 fully saturated rings. The second-order valence-corrected chi connectivity index (χ2v) is 9.41. The Morgan fingerprint density at radius 3 is 2.07 bits per heavy atom. The molecular formula is C22H28N2O4S. The fourth-order valence-electron chi connectivity index (χ4n) is 3.86. The lowest BCUT2D eigenvalue weighted by Crippen LogP contribution is -2.53. The Morgan fingerprint density at radius 2 is 1.52 bits per heavy atom. The van der Waals surface area contributed by atoms with Crippen LogP contribution >= 0.6 is 0 Å². The Hall–Kier alpha value is -2.38. The number of para-hydroxylation sites is 1. The van der Waals surface area contributed by atoms with Crippen molar-refractivity contribution in [2.75, 3.05) is 26.2 Å². The van der Waals surface area contributed by atoms with Gasteiger partial charge in [-0.05, 0) is 51.0 Å². The highest BCUT2D eigenvalue weighted by molar-refractivity contribution is 7.89. The van der Waals surface area contributed by atoms with E-state index in [1.54, 1.807) is 24.0 Å². The monoisotopic (exact) mass is 416 g/mol. The van der Waals surface area contributed by atoms with Crippen LogP contribution in [0.1, 0.15) is 23.6 Å². The Bertz CT molecular complexity index is 958. The average Bonchev–Trinajstić information content (AvgIpc) is 2.67. The molecule has 0 spiro atoms. The van der Waals surface area contributed by atoms with Gasteiger partial charge < -0.3 is 9.64 Å². The van der Waals surface area contributed by atoms with Gasteiger partial charge >= 0.3 is 0 Å². The molecule has 0 aromatic heterocycles. The van der Waals surface area contributed by atoms with Gasteiger partial charge in [0, 0.05) is 26.2 Å². The molecule has 0 N–H and O–H groups in total. The van der Waals surface area contributed by atoms with Gasteiger partial charge in [0.2, 0.25) is 10.0 Å². The van der Waals surface area contributed by atoms with Gasteiger partial charge in [0.15, 0.2) is 6.10 Å². The van der Waals surface area contributed by atoms with Gasteiger partial charge in [0.25, 0.3) is 5.91 Å². The van der Waals surface area contributed by atoms with Crippen LogP contribution in [0.2, 0.25) is 0 Å². The van der Waals surface area contributed by atoms with Crippen molar-refractivity contribution in [2.45, 2.75) is 38.7 Å². The highest BCUT2D eigenvalue weighted by Crippen LogP contribution is 2.26. The zero-order valence-corrected chi connectivity index (χ0v) is 18.2. The Labute approximate surface area is 173 Å². The van der Waals surface area contributed by atoms with E-state index in [0.29, 0.717) is 23.7 Å². The molecule has 1 amide bonds. The average molecular weight is 417 g/mol. The minimum Gasteiger partial charge on any atom is -0.481 e. The van der Waals surface area contributed by atoms with E-state index in [-0.39, 0.29) is 19.0 Å². The molecule has 29 heavy (non-hydrogen) atoms. The molecule has 0 unspecified atom stereocenters. The van der Waals surface area contributed by atoms with Crippen LogP contribution in [0.3, 0.4) is 0 Å². The van der Waals surface area contributed by atoms with Crippen LogP contribution in [0.5, 0.6) is 5.75 Å². The van der Waals surface area contributed by atoms with Gasteiger partial charge in [-0.1, -0.05) is 35.9 Å². The number of rotatable bonds is 5. The molecule has 0 bridgehead atoms. The van der Waals surface area contributed by atoms with Crippen LogP contribution < -0.4 is 4.74 Å². The summed E-state index contributed by atoms with van der Waals surface area (Å²) in [6.07, 6.45) is -0.623. The number of carbonyl (C=O) groups excluding carboxylic acids is 1. The second kappa shape index (κ2) is 8.55. The molecular weight excluding hydrogens is 388 g/mol. The van der Waals surface area contributed by atoms with Crippen molar-refractivity contribution in [1.29, 1.82) is 0 Å². The Morgan fingerprint density at radius 1 is 0.966 bits per heavy atom. The number of ether oxygens (including phenoxy) is 1. The normalized spacial score (nSPS) is 16.5. The molecule has 0 saturated carbocycles. The van der Waals surface area contributed by atoms with Crippen LogP contribution in [0.15, 0.2) is 47.4 Å². The van der Waals surface area contributed by atoms with Crippen molar-refractivity contribution in [3.63, 3.8) is 0 Å². The molecule has 1 atom stereocenters. The summed E-state index contributed by atoms with van der Waals surface area (Å²) in [6.45, 7) is 8.59. The summed E-state index contributed by atoms with van der Waals surface area (Å²) >= 11 is 0. The first-order valence-corrected chi connectivity index (χ1v) is 11.2. The number of hydrogen-bond donors (Lipinski definition) is 0. The molecule has 2 aromatic carbocycles. The molecule has 0 radical (unpaired) electrons. The lowest BCUT2D eigenvalue weighted by Gasteiger charge is -2.35. The summed E-state index contributed by atoms with van der Waals surface area (Å²) in [5.41, 5.74) is 2.55. The molecule has 1 aliphatic rings. The number of sulfonamides is 1. The van der Waals surface area contributed by atoms with Crippen LogP contribution in [0.4, 0.5) is 0 Å². The van der Waals surface area contributed by atoms with Gasteiger partial charge in [0.1, 0.15) is 5.75 Å². The van der Waals surface area contributed by atoms with Crippen molar-refractivity contribution in [3.05, 3.63) is 59.2 Å². The topological polar surface area (TPSA) is 66.9 Å². The third-order valence-corrected chi connectivity index (χ3v) is 7.36. The van der Waals surface area contributed by atoms with Gasteiger partial charge in [0.05, 0.1) is 4.90 Å². The van der Waals surface area contributed by atoms with Gasteiger partial charge in [-0.2, -0.15) is 4.31 Å². The molecule has 0 aliphatic carbocycles. The molecule has 1 aliphatic heterocycles. The first-order valence-electron chi connectivity index (χ1n) is 9.78. The van der Waals surface area contributed by atoms with Crippen LogP contribution in [-0.2, 0) is 14.8 Å². The third-order valence-electron chi connectivity index (χ3n) is 5.16. The summed E-state index contributed by atoms with van der Waals surface area (Å²) in [7, 11) is -3.59. The molecule has 7 heteroatoms. The maximum absolute atomic E-state index is 13.2. The standard InChI is InChI=1S/C22H28N2O4S/c1-16-14-17(2)21(18(3)15-16)29(26,27)24-12-10-23(11-13-24)22(25)19(4)28-20-8-6-5-7-9-20/h5-9,14-15,19H,10-13H2,1-4H3/t19-/m1/s1. The van der Waals surface area contributed by atoms with Gasteiger partial charge in [-0.15, -0.1) is 0 Å². The fraction of sp³-hybridized carbons (Fsp3) is 0.409. The van der Waals surface area contributed by atoms with Crippen molar-refractivity contribution in [1.82, 2.24) is 9.21 Å². The predicted molar refractivity (Wildman–Crippen MR) is 113 cm³/mol. The van der Waals surface area contributed by atoms with E-state index in [4.69, 9.17) is 4.74 Å². The number of carbonyl (C=O) groups is 1. The second-order valence-electron chi connectivity index (χ2n) is 7.53. The first kappa shape index (κ1) is 21.3. The Balaban J connectivity index is 1.66. The van der Waals surface area contributed by atoms with Crippen LogP contribution in [-0.4, -0.2) is 55.8 Å². The third kappa shape index (κ3) is 4.62. The van der Waals surface area contributed by atoms with Gasteiger partial charge in [-0.3, -0.25) is 4.79 Å². The van der Waals surface area contributed by atoms with Crippen molar-refractivity contribution < 1.29 is 17.9 Å². The van der Waals surface area contributed by atoms with Crippen LogP contribution in [0.25, 0.3) is 0 Å². The van der Waals surface area contributed by atoms with Crippen LogP contribution in [0, 0.1) is 20.8 Å². The molecule has 2 aromatic rings. The highest BCUT2D eigenvalue weighted by Gasteiger charge is 2.33. The number of aryl methyl sites for hydroxylation is 3. The largest absolute Gasteiger partial charge is 0.481 e. The quantitative estimate of drug-likeness (QED) is 0.752. The maximum Gasteiger partial charge on any atom is 0.263 e. The number of piperazine rings is 1. The Kier molecular flexibility index (Phi) is 6.29. The summed E-state index contributed by atoms with van der Waals surface area (Å²) in [5, 5.41) is 0. The predicted octanol–water partition coefficient (Wildman–Crippen LogP) is 2.91. The summed E-state index contributed by atoms with van der Waals surface area (Å²) in [6, 6.07) is 13.0. The minimum absolute atomic E-state index is 0.131. The van der Waals surface area contributed by atoms with E-state index in [1.807, 2.05) is 51.1 Å². The first-order chi connectivity index (χ1) is 13.7. The summed E-state index contributed by atoms with van der Waals surface area (Å²) in [5.74, 6) is 0.508. The van der Waals surface area contributed by atoms with Crippen molar-refractivity contribution in [3.8, 4) is 5.75 Å². The zero-order chi connectivity index (χ0) is 21.2. The highest BCUT2D eigenvalue weighted by atomic mass is 32.2. The molecule has 156 valence electrons. The number of hydrogen-bond acceptors (Lipinski definition) is 4. The lowest BCUT2D eigenvalue weighted by atomic mass is 10.1. The van der Waals surface area contributed by atoms with E-state index in [1.165, 1.54) is 4.31 Å². The van der Waals surface area contributed by atoms with Crippen molar-refractivity contribution >= 4 is 15.9 Å². The molecule has 6 nitrogen and oxygen atoms in total. The lowest BCUT2D eigenvalue weighted by molar-refractivity contribution is -0.139. The summed E-state index contributed by atoms with van der Waals surface area (Å²) < 4.78 is 33.6. The molecule has 3 rings (SSSR count). The minimum atomic E-state index is -3.59. The van der Waals surface area contributed by atoms with E-state index < -0.39 is 16.1 Å². The van der Waals surface area contributed by atoms with E-state index in [0.717, 1.165) is 16.7 Å². The van der Waals surface area contributed by atoms with Gasteiger partial charge in [-0.25, -0.2) is 8.42 Å². The van der Waals surface area contributed by atoms with E-state index in [9.17, 15) is 13.2 Å². The number of benzene rings is 2. The number of nitrogens with zero attached hydrogens (tertiary/aromatic N) is 2. The van der Waals surface area contributed by atoms with Crippen molar-refractivity contribution in [2.24, 2.45) is 0 Å². The van der Waals surface area contributed by atoms with E-state index >= 15 is 0 Å². The smallest absolute Gasteiger partial charge is 0.263 e. The summed E-state index contributed by atoms with van der Waals surface area (Å²) in [4.78, 5) is 14.8. The fourth-order valence-corrected chi connectivity index (χ4v) is 5.70. The SMILES string of the molecule is Cc1cc(C)c(S(=O)(=O)N2CCN(C(=O)[C@@H](C)Oc3ccccc3)CC2)c(C)c1. The molecule has 1 saturated heterocycles. The maximum atomic E-state index is 13.2.